The first kappa shape index (κ1) is 12.2. The molecule has 0 aliphatic carbocycles. The number of hydrogen-bond acceptors (Lipinski definition) is 5. The number of aromatic nitrogens is 4. The average Bonchev–Trinajstić information content (AvgIpc) is 2.96. The summed E-state index contributed by atoms with van der Waals surface area (Å²) in [4.78, 5) is 18.9. The summed E-state index contributed by atoms with van der Waals surface area (Å²) in [5.41, 5.74) is 1.59. The Bertz CT molecular complexity index is 576. The van der Waals surface area contributed by atoms with Gasteiger partial charge in [0.2, 0.25) is 5.95 Å². The van der Waals surface area contributed by atoms with Crippen molar-refractivity contribution >= 4 is 22.9 Å². The van der Waals surface area contributed by atoms with Gasteiger partial charge in [-0.1, -0.05) is 0 Å². The van der Waals surface area contributed by atoms with E-state index in [0.717, 1.165) is 30.1 Å². The molecule has 0 spiro atoms. The molecule has 0 unspecified atom stereocenters. The number of nitrogens with zero attached hydrogens (tertiary/aromatic N) is 4. The number of nitrogens with one attached hydrogen (secondary N) is 2. The number of rotatable bonds is 2. The highest BCUT2D eigenvalue weighted by atomic mass is 15.3. The maximum absolute atomic E-state index is 4.67. The van der Waals surface area contributed by atoms with Gasteiger partial charge in [-0.25, -0.2) is 4.98 Å². The molecule has 0 aromatic carbocycles. The molecule has 19 heavy (non-hydrogen) atoms. The molecule has 3 heterocycles. The molecule has 2 aromatic rings. The zero-order valence-electron chi connectivity index (χ0n) is 11.7. The summed E-state index contributed by atoms with van der Waals surface area (Å²) < 4.78 is 0. The number of anilines is 2. The molecule has 1 aliphatic rings. The van der Waals surface area contributed by atoms with E-state index in [0.29, 0.717) is 5.95 Å². The van der Waals surface area contributed by atoms with E-state index >= 15 is 0 Å². The van der Waals surface area contributed by atoms with Crippen molar-refractivity contribution in [2.75, 3.05) is 23.3 Å². The summed E-state index contributed by atoms with van der Waals surface area (Å²) in [7, 11) is 0. The molecule has 1 aliphatic heterocycles. The van der Waals surface area contributed by atoms with E-state index in [1.165, 1.54) is 12.8 Å². The van der Waals surface area contributed by atoms with Crippen LogP contribution in [-0.4, -0.2) is 38.6 Å². The van der Waals surface area contributed by atoms with E-state index in [4.69, 9.17) is 0 Å². The fourth-order valence-electron chi connectivity index (χ4n) is 2.37. The highest BCUT2D eigenvalue weighted by Gasteiger charge is 2.20. The molecule has 0 bridgehead atoms. The summed E-state index contributed by atoms with van der Waals surface area (Å²) in [5, 5.41) is 3.32. The van der Waals surface area contributed by atoms with Crippen LogP contribution in [0, 0.1) is 0 Å². The lowest BCUT2D eigenvalue weighted by molar-refractivity contribution is 0.626. The lowest BCUT2D eigenvalue weighted by atomic mass is 10.1. The highest BCUT2D eigenvalue weighted by molar-refractivity contribution is 5.84. The van der Waals surface area contributed by atoms with Crippen LogP contribution in [-0.2, 0) is 0 Å². The molecule has 1 saturated heterocycles. The Hall–Kier alpha value is -1.85. The summed E-state index contributed by atoms with van der Waals surface area (Å²) in [6.45, 7) is 8.40. The summed E-state index contributed by atoms with van der Waals surface area (Å²) in [6, 6.07) is 0. The molecule has 3 rings (SSSR count). The standard InChI is InChI=1S/C13H20N6/c1-13(2,3)18-12-16-10-9(14-8-15-10)11(17-12)19-6-4-5-7-19/h8H,4-7H2,1-3H3,(H2,14,15,16,17,18). The van der Waals surface area contributed by atoms with Crippen LogP contribution in [0.15, 0.2) is 6.33 Å². The summed E-state index contributed by atoms with van der Waals surface area (Å²) >= 11 is 0. The predicted octanol–water partition coefficient (Wildman–Crippen LogP) is 2.16. The topological polar surface area (TPSA) is 69.7 Å². The van der Waals surface area contributed by atoms with E-state index < -0.39 is 0 Å². The first-order valence-corrected chi connectivity index (χ1v) is 6.77. The zero-order valence-corrected chi connectivity index (χ0v) is 11.7. The van der Waals surface area contributed by atoms with Gasteiger partial charge in [0.15, 0.2) is 11.5 Å². The van der Waals surface area contributed by atoms with Crippen LogP contribution in [0.3, 0.4) is 0 Å². The second kappa shape index (κ2) is 4.36. The molecule has 0 saturated carbocycles. The summed E-state index contributed by atoms with van der Waals surface area (Å²) in [5.74, 6) is 1.61. The normalized spacial score (nSPS) is 16.3. The number of hydrogen-bond donors (Lipinski definition) is 2. The Kier molecular flexibility index (Phi) is 2.80. The molecule has 0 radical (unpaired) electrons. The van der Waals surface area contributed by atoms with E-state index in [-0.39, 0.29) is 5.54 Å². The third kappa shape index (κ3) is 2.47. The fraction of sp³-hybridized carbons (Fsp3) is 0.615. The number of imidazole rings is 1. The molecule has 6 nitrogen and oxygen atoms in total. The van der Waals surface area contributed by atoms with Crippen LogP contribution < -0.4 is 10.2 Å². The lowest BCUT2D eigenvalue weighted by Gasteiger charge is -2.22. The Labute approximate surface area is 112 Å². The Morgan fingerprint density at radius 1 is 1.21 bits per heavy atom. The van der Waals surface area contributed by atoms with Crippen LogP contribution >= 0.6 is 0 Å². The van der Waals surface area contributed by atoms with E-state index in [1.54, 1.807) is 6.33 Å². The number of aromatic amines is 1. The van der Waals surface area contributed by atoms with Crippen molar-refractivity contribution in [2.45, 2.75) is 39.2 Å². The molecule has 2 N–H and O–H groups in total. The van der Waals surface area contributed by atoms with Gasteiger partial charge in [-0.2, -0.15) is 9.97 Å². The second-order valence-electron chi connectivity index (χ2n) is 6.04. The molecule has 1 fully saturated rings. The third-order valence-corrected chi connectivity index (χ3v) is 3.16. The highest BCUT2D eigenvalue weighted by Crippen LogP contribution is 2.26. The maximum Gasteiger partial charge on any atom is 0.227 e. The Morgan fingerprint density at radius 2 is 1.95 bits per heavy atom. The van der Waals surface area contributed by atoms with Crippen molar-refractivity contribution in [2.24, 2.45) is 0 Å². The molecule has 0 amide bonds. The summed E-state index contributed by atoms with van der Waals surface area (Å²) in [6.07, 6.45) is 4.13. The Balaban J connectivity index is 2.05. The van der Waals surface area contributed by atoms with Gasteiger partial charge in [0.1, 0.15) is 5.52 Å². The van der Waals surface area contributed by atoms with Crippen LogP contribution in [0.1, 0.15) is 33.6 Å². The van der Waals surface area contributed by atoms with Crippen LogP contribution in [0.4, 0.5) is 11.8 Å². The van der Waals surface area contributed by atoms with Crippen molar-refractivity contribution < 1.29 is 0 Å². The minimum absolute atomic E-state index is 0.0632. The van der Waals surface area contributed by atoms with Crippen molar-refractivity contribution in [3.05, 3.63) is 6.33 Å². The van der Waals surface area contributed by atoms with Gasteiger partial charge in [0.05, 0.1) is 6.33 Å². The van der Waals surface area contributed by atoms with Gasteiger partial charge in [0, 0.05) is 18.6 Å². The minimum atomic E-state index is -0.0632. The number of H-pyrrole nitrogens is 1. The van der Waals surface area contributed by atoms with E-state index in [1.807, 2.05) is 0 Å². The average molecular weight is 260 g/mol. The van der Waals surface area contributed by atoms with Gasteiger partial charge < -0.3 is 15.2 Å². The van der Waals surface area contributed by atoms with Crippen molar-refractivity contribution in [3.63, 3.8) is 0 Å². The molecule has 2 aromatic heterocycles. The molecular weight excluding hydrogens is 240 g/mol. The van der Waals surface area contributed by atoms with E-state index in [2.05, 4.69) is 50.9 Å². The van der Waals surface area contributed by atoms with Crippen molar-refractivity contribution in [3.8, 4) is 0 Å². The Morgan fingerprint density at radius 3 is 2.63 bits per heavy atom. The molecular formula is C13H20N6. The van der Waals surface area contributed by atoms with Gasteiger partial charge in [-0.3, -0.25) is 0 Å². The smallest absolute Gasteiger partial charge is 0.227 e. The first-order chi connectivity index (χ1) is 9.03. The van der Waals surface area contributed by atoms with Gasteiger partial charge in [0.25, 0.3) is 0 Å². The van der Waals surface area contributed by atoms with Gasteiger partial charge in [-0.15, -0.1) is 0 Å². The van der Waals surface area contributed by atoms with Crippen LogP contribution in [0.25, 0.3) is 11.2 Å². The first-order valence-electron chi connectivity index (χ1n) is 6.77. The molecule has 6 heteroatoms. The lowest BCUT2D eigenvalue weighted by Crippen LogP contribution is -2.28. The minimum Gasteiger partial charge on any atom is -0.355 e. The van der Waals surface area contributed by atoms with Crippen LogP contribution in [0.5, 0.6) is 0 Å². The quantitative estimate of drug-likeness (QED) is 0.866. The van der Waals surface area contributed by atoms with Crippen molar-refractivity contribution in [1.82, 2.24) is 19.9 Å². The molecule has 0 atom stereocenters. The van der Waals surface area contributed by atoms with Crippen molar-refractivity contribution in [1.29, 1.82) is 0 Å². The third-order valence-electron chi connectivity index (χ3n) is 3.16. The van der Waals surface area contributed by atoms with Gasteiger partial charge in [-0.05, 0) is 33.6 Å². The largest absolute Gasteiger partial charge is 0.355 e. The molecule has 102 valence electrons. The fourth-order valence-corrected chi connectivity index (χ4v) is 2.37. The second-order valence-corrected chi connectivity index (χ2v) is 6.04. The zero-order chi connectivity index (χ0) is 13.5. The number of fused-ring (bicyclic) bond motifs is 1. The van der Waals surface area contributed by atoms with Gasteiger partial charge >= 0.3 is 0 Å². The van der Waals surface area contributed by atoms with Crippen LogP contribution in [0.2, 0.25) is 0 Å². The predicted molar refractivity (Wildman–Crippen MR) is 76.5 cm³/mol. The SMILES string of the molecule is CC(C)(C)Nc1nc(N2CCCC2)c2[nH]cnc2n1. The maximum atomic E-state index is 4.67. The monoisotopic (exact) mass is 260 g/mol. The van der Waals surface area contributed by atoms with E-state index in [9.17, 15) is 0 Å².